The van der Waals surface area contributed by atoms with Gasteiger partial charge in [0.25, 0.3) is 11.8 Å². The number of carbonyl (C=O) groups excluding carboxylic acids is 4. The van der Waals surface area contributed by atoms with Gasteiger partial charge >= 0.3 is 0 Å². The molecule has 2 aliphatic carbocycles. The molecule has 11 heteroatoms. The van der Waals surface area contributed by atoms with Crippen LogP contribution in [0.2, 0.25) is 5.02 Å². The molecule has 0 bridgehead atoms. The number of nitrogens with zero attached hydrogens (tertiary/aromatic N) is 2. The molecule has 4 aliphatic rings. The van der Waals surface area contributed by atoms with Crippen LogP contribution in [0.1, 0.15) is 18.4 Å². The van der Waals surface area contributed by atoms with Gasteiger partial charge in [-0.25, -0.2) is 0 Å². The Labute approximate surface area is 251 Å². The molecule has 2 aromatic carbocycles. The molecule has 1 N–H and O–H groups in total. The van der Waals surface area contributed by atoms with Crippen molar-refractivity contribution in [2.24, 2.45) is 23.7 Å². The summed E-state index contributed by atoms with van der Waals surface area (Å²) < 4.78 is 5.21. The zero-order valence-electron chi connectivity index (χ0n) is 22.0. The van der Waals surface area contributed by atoms with Crippen LogP contribution in [0.4, 0.5) is 5.69 Å². The summed E-state index contributed by atoms with van der Waals surface area (Å²) in [7, 11) is 2.77. The smallest absolute Gasteiger partial charge is 0.253 e. The van der Waals surface area contributed by atoms with E-state index in [2.05, 4.69) is 0 Å². The van der Waals surface area contributed by atoms with Crippen LogP contribution in [0, 0.1) is 23.7 Å². The molecule has 2 aliphatic heterocycles. The summed E-state index contributed by atoms with van der Waals surface area (Å²) in [5, 5.41) is 10.5. The molecule has 0 spiro atoms. The molecular formula is C30H25Cl3N2O6. The van der Waals surface area contributed by atoms with Gasteiger partial charge in [-0.3, -0.25) is 29.0 Å². The van der Waals surface area contributed by atoms with Gasteiger partial charge in [-0.1, -0.05) is 41.5 Å². The second kappa shape index (κ2) is 9.61. The molecule has 3 fully saturated rings. The van der Waals surface area contributed by atoms with Gasteiger partial charge in [0, 0.05) is 18.0 Å². The lowest BCUT2D eigenvalue weighted by molar-refractivity contribution is -0.138. The molecule has 2 aromatic rings. The normalized spacial score (nSPS) is 32.8. The van der Waals surface area contributed by atoms with Crippen LogP contribution in [0.3, 0.4) is 0 Å². The van der Waals surface area contributed by atoms with Gasteiger partial charge in [-0.2, -0.15) is 0 Å². The van der Waals surface area contributed by atoms with Crippen molar-refractivity contribution in [3.63, 3.8) is 0 Å². The molecule has 0 radical (unpaired) electrons. The highest BCUT2D eigenvalue weighted by Crippen LogP contribution is 2.63. The largest absolute Gasteiger partial charge is 0.504 e. The second-order valence-corrected chi connectivity index (χ2v) is 12.5. The lowest BCUT2D eigenvalue weighted by Gasteiger charge is -2.49. The predicted molar refractivity (Wildman–Crippen MR) is 154 cm³/mol. The summed E-state index contributed by atoms with van der Waals surface area (Å²) in [5.41, 5.74) is 1.74. The monoisotopic (exact) mass is 614 g/mol. The summed E-state index contributed by atoms with van der Waals surface area (Å²) in [6.45, 7) is 0. The maximum absolute atomic E-state index is 13.9. The van der Waals surface area contributed by atoms with E-state index in [4.69, 9.17) is 39.5 Å². The van der Waals surface area contributed by atoms with Crippen LogP contribution in [-0.4, -0.2) is 57.5 Å². The van der Waals surface area contributed by atoms with Crippen molar-refractivity contribution in [1.82, 2.24) is 4.90 Å². The summed E-state index contributed by atoms with van der Waals surface area (Å²) in [5.74, 6) is -4.69. The van der Waals surface area contributed by atoms with Crippen LogP contribution in [-0.2, 0) is 19.2 Å². The zero-order chi connectivity index (χ0) is 29.4. The van der Waals surface area contributed by atoms with Crippen molar-refractivity contribution < 1.29 is 29.0 Å². The molecule has 1 saturated carbocycles. The van der Waals surface area contributed by atoms with Crippen LogP contribution < -0.4 is 9.64 Å². The van der Waals surface area contributed by atoms with E-state index >= 15 is 0 Å². The summed E-state index contributed by atoms with van der Waals surface area (Å²) in [6, 6.07) is 11.2. The van der Waals surface area contributed by atoms with Crippen molar-refractivity contribution >= 4 is 70.2 Å². The van der Waals surface area contributed by atoms with Gasteiger partial charge in [0.15, 0.2) is 21.2 Å². The summed E-state index contributed by atoms with van der Waals surface area (Å²) in [4.78, 5) is 52.9. The number of benzene rings is 2. The van der Waals surface area contributed by atoms with E-state index in [1.54, 1.807) is 48.6 Å². The van der Waals surface area contributed by atoms with Crippen molar-refractivity contribution in [2.75, 3.05) is 19.1 Å². The number of rotatable bonds is 4. The Bertz CT molecular complexity index is 1570. The van der Waals surface area contributed by atoms with E-state index < -0.39 is 51.1 Å². The number of anilines is 1. The Balaban J connectivity index is 1.45. The Morgan fingerprint density at radius 2 is 1.71 bits per heavy atom. The van der Waals surface area contributed by atoms with E-state index in [0.29, 0.717) is 21.8 Å². The number of phenols is 1. The average molecular weight is 616 g/mol. The fourth-order valence-corrected chi connectivity index (χ4v) is 7.94. The molecular weight excluding hydrogens is 591 g/mol. The number of hydrogen-bond acceptors (Lipinski definition) is 6. The molecule has 2 saturated heterocycles. The lowest BCUT2D eigenvalue weighted by atomic mass is 9.57. The molecule has 4 amide bonds. The number of methoxy groups -OCH3 is 1. The Kier molecular flexibility index (Phi) is 6.52. The fraction of sp³-hybridized carbons (Fsp3) is 0.333. The Hall–Kier alpha value is -3.33. The molecule has 6 atom stereocenters. The maximum atomic E-state index is 13.9. The van der Waals surface area contributed by atoms with Crippen LogP contribution in [0.5, 0.6) is 11.5 Å². The number of aromatic hydroxyl groups is 1. The van der Waals surface area contributed by atoms with Crippen molar-refractivity contribution in [3.8, 4) is 11.5 Å². The minimum absolute atomic E-state index is 0.0372. The van der Waals surface area contributed by atoms with Gasteiger partial charge in [0.05, 0.1) is 24.6 Å². The first-order valence-corrected chi connectivity index (χ1v) is 14.2. The van der Waals surface area contributed by atoms with Crippen LogP contribution >= 0.6 is 34.8 Å². The van der Waals surface area contributed by atoms with Gasteiger partial charge in [-0.15, -0.1) is 23.2 Å². The third-order valence-corrected chi connectivity index (χ3v) is 10.5. The van der Waals surface area contributed by atoms with Crippen molar-refractivity contribution in [3.05, 3.63) is 70.8 Å². The van der Waals surface area contributed by atoms with Gasteiger partial charge in [-0.05, 0) is 60.7 Å². The standard InChI is InChI=1S/C30H25Cl3N2O6/c1-34-27(39)29(32)14-20-18(9-10-19-24(20)26(38)35(25(19)37)17-7-5-16(31)6-8-17)21(30(29,33)28(34)40)11-3-15-4-12-22(36)23(13-15)41-2/h3-9,11-13,19-21,24,36H,10,14H2,1-2H3/t19-,20+,21-,24-,29+,30-/m0/s1. The molecule has 41 heavy (non-hydrogen) atoms. The number of hydrogen-bond donors (Lipinski definition) is 1. The number of likely N-dealkylation sites (tertiary alicyclic amines) is 1. The number of alkyl halides is 2. The maximum Gasteiger partial charge on any atom is 0.253 e. The number of fused-ring (bicyclic) bond motifs is 4. The van der Waals surface area contributed by atoms with Crippen molar-refractivity contribution in [2.45, 2.75) is 22.6 Å². The van der Waals surface area contributed by atoms with Crippen LogP contribution in [0.15, 0.2) is 60.2 Å². The summed E-state index contributed by atoms with van der Waals surface area (Å²) in [6.07, 6.45) is 5.47. The number of phenolic OH excluding ortho intramolecular Hbond substituents is 1. The highest BCUT2D eigenvalue weighted by molar-refractivity contribution is 6.53. The van der Waals surface area contributed by atoms with Crippen LogP contribution in [0.25, 0.3) is 6.08 Å². The highest BCUT2D eigenvalue weighted by Gasteiger charge is 2.75. The first kappa shape index (κ1) is 27.8. The molecule has 8 nitrogen and oxygen atoms in total. The Morgan fingerprint density at radius 1 is 1.00 bits per heavy atom. The topological polar surface area (TPSA) is 104 Å². The first-order chi connectivity index (χ1) is 19.4. The Morgan fingerprint density at radius 3 is 2.39 bits per heavy atom. The minimum Gasteiger partial charge on any atom is -0.504 e. The fourth-order valence-electron chi connectivity index (χ4n) is 6.84. The van der Waals surface area contributed by atoms with Gasteiger partial charge in [0.2, 0.25) is 11.8 Å². The molecule has 2 heterocycles. The first-order valence-electron chi connectivity index (χ1n) is 13.0. The SMILES string of the molecule is COc1cc(C=C[C@H]2C3=CC[C@@H]4C(=O)N(c5ccc(Cl)cc5)C(=O)[C@@H]4[C@@H]3C[C@@]3(Cl)C(=O)N(C)C(=O)[C@@]23Cl)ccc1O. The number of amides is 4. The number of allylic oxidation sites excluding steroid dienone is 3. The second-order valence-electron chi connectivity index (χ2n) is 10.8. The molecule has 0 aromatic heterocycles. The number of halogens is 3. The van der Waals surface area contributed by atoms with E-state index in [0.717, 1.165) is 4.90 Å². The van der Waals surface area contributed by atoms with E-state index in [1.807, 2.05) is 6.08 Å². The minimum atomic E-state index is -1.85. The highest BCUT2D eigenvalue weighted by atomic mass is 35.5. The third kappa shape index (κ3) is 3.80. The average Bonchev–Trinajstić information content (AvgIpc) is 3.28. The number of carbonyl (C=O) groups is 4. The number of ether oxygens (including phenoxy) is 1. The lowest BCUT2D eigenvalue weighted by Crippen LogP contribution is -2.60. The van der Waals surface area contributed by atoms with Gasteiger partial charge in [0.1, 0.15) is 0 Å². The summed E-state index contributed by atoms with van der Waals surface area (Å²) >= 11 is 20.3. The third-order valence-electron chi connectivity index (χ3n) is 8.84. The molecule has 6 rings (SSSR count). The predicted octanol–water partition coefficient (Wildman–Crippen LogP) is 4.79. The number of imide groups is 2. The van der Waals surface area contributed by atoms with E-state index in [1.165, 1.54) is 25.1 Å². The quantitative estimate of drug-likeness (QED) is 0.301. The van der Waals surface area contributed by atoms with E-state index in [-0.39, 0.29) is 30.2 Å². The molecule has 212 valence electrons. The van der Waals surface area contributed by atoms with Crippen molar-refractivity contribution in [1.29, 1.82) is 0 Å². The zero-order valence-corrected chi connectivity index (χ0v) is 24.3. The molecule has 0 unspecified atom stereocenters. The van der Waals surface area contributed by atoms with E-state index in [9.17, 15) is 24.3 Å². The van der Waals surface area contributed by atoms with Gasteiger partial charge < -0.3 is 9.84 Å².